The quantitative estimate of drug-likeness (QED) is 0.482. The van der Waals surface area contributed by atoms with Gasteiger partial charge in [-0.1, -0.05) is 18.2 Å². The summed E-state index contributed by atoms with van der Waals surface area (Å²) in [6.45, 7) is 6.36. The topological polar surface area (TPSA) is 48.1 Å². The lowest BCUT2D eigenvalue weighted by atomic mass is 10.1. The molecular weight excluding hydrogens is 403 g/mol. The minimum atomic E-state index is -4.37. The first-order chi connectivity index (χ1) is 14.8. The fourth-order valence-electron chi connectivity index (χ4n) is 4.30. The molecule has 3 heterocycles. The summed E-state index contributed by atoms with van der Waals surface area (Å²) in [7, 11) is 0. The number of aromatic amines is 1. The van der Waals surface area contributed by atoms with E-state index in [4.69, 9.17) is 4.98 Å². The number of hydrogen-bond donors (Lipinski definition) is 1. The molecule has 1 fully saturated rings. The lowest BCUT2D eigenvalue weighted by molar-refractivity contribution is -0.137. The lowest BCUT2D eigenvalue weighted by Gasteiger charge is -2.40. The molecule has 1 N–H and O–H groups in total. The van der Waals surface area contributed by atoms with Gasteiger partial charge in [0.2, 0.25) is 5.95 Å². The number of nitrogens with one attached hydrogen (secondary N) is 1. The van der Waals surface area contributed by atoms with Gasteiger partial charge in [-0.2, -0.15) is 13.2 Å². The molecule has 4 aromatic rings. The molecule has 1 aliphatic rings. The van der Waals surface area contributed by atoms with Gasteiger partial charge in [0, 0.05) is 31.1 Å². The van der Waals surface area contributed by atoms with Gasteiger partial charge in [-0.3, -0.25) is 0 Å². The van der Waals surface area contributed by atoms with Gasteiger partial charge in [-0.05, 0) is 49.7 Å². The Balaban J connectivity index is 1.39. The highest BCUT2D eigenvalue weighted by Gasteiger charge is 2.31. The van der Waals surface area contributed by atoms with Crippen molar-refractivity contribution >= 4 is 33.7 Å². The summed E-state index contributed by atoms with van der Waals surface area (Å²) in [4.78, 5) is 16.9. The smallest absolute Gasteiger partial charge is 0.353 e. The lowest BCUT2D eigenvalue weighted by Crippen LogP contribution is -2.53. The van der Waals surface area contributed by atoms with E-state index in [-0.39, 0.29) is 6.04 Å². The van der Waals surface area contributed by atoms with Gasteiger partial charge in [0.25, 0.3) is 0 Å². The largest absolute Gasteiger partial charge is 0.416 e. The number of rotatable bonds is 2. The third-order valence-electron chi connectivity index (χ3n) is 5.88. The second-order valence-corrected chi connectivity index (χ2v) is 8.10. The molecule has 1 atom stereocenters. The minimum absolute atomic E-state index is 0.115. The Morgan fingerprint density at radius 2 is 1.81 bits per heavy atom. The van der Waals surface area contributed by atoms with Crippen molar-refractivity contribution in [3.8, 4) is 0 Å². The molecule has 0 saturated carbocycles. The highest BCUT2D eigenvalue weighted by Crippen LogP contribution is 2.32. The predicted octanol–water partition coefficient (Wildman–Crippen LogP) is 5.15. The number of imidazole rings is 1. The molecule has 2 aromatic carbocycles. The predicted molar refractivity (Wildman–Crippen MR) is 117 cm³/mol. The van der Waals surface area contributed by atoms with Crippen molar-refractivity contribution in [2.45, 2.75) is 26.1 Å². The number of nitrogens with zero attached hydrogens (tertiary/aromatic N) is 4. The standard InChI is InChI=1S/C23H22F3N5/c1-14-11-16-5-3-4-6-18(16)27-21(14)30-9-10-31(15(2)13-30)22-28-19-8-7-17(23(24,25)26)12-20(19)29-22/h3-8,11-12,15H,9-10,13H2,1-2H3,(H,28,29)/t15-/m0/s1. The molecule has 0 unspecified atom stereocenters. The number of H-pyrrole nitrogens is 1. The van der Waals surface area contributed by atoms with Crippen LogP contribution in [0, 0.1) is 6.92 Å². The maximum Gasteiger partial charge on any atom is 0.416 e. The zero-order chi connectivity index (χ0) is 21.8. The molecule has 0 radical (unpaired) electrons. The van der Waals surface area contributed by atoms with Gasteiger partial charge in [-0.15, -0.1) is 0 Å². The molecule has 31 heavy (non-hydrogen) atoms. The van der Waals surface area contributed by atoms with E-state index in [2.05, 4.69) is 45.7 Å². The summed E-state index contributed by atoms with van der Waals surface area (Å²) in [5.74, 6) is 1.58. The first kappa shape index (κ1) is 19.7. The summed E-state index contributed by atoms with van der Waals surface area (Å²) >= 11 is 0. The van der Waals surface area contributed by atoms with E-state index in [0.29, 0.717) is 23.5 Å². The van der Waals surface area contributed by atoms with Crippen LogP contribution >= 0.6 is 0 Å². The summed E-state index contributed by atoms with van der Waals surface area (Å²) in [6.07, 6.45) is -4.37. The number of pyridine rings is 1. The van der Waals surface area contributed by atoms with E-state index >= 15 is 0 Å². The number of aromatic nitrogens is 3. The molecule has 1 saturated heterocycles. The molecule has 0 bridgehead atoms. The van der Waals surface area contributed by atoms with Gasteiger partial charge < -0.3 is 14.8 Å². The minimum Gasteiger partial charge on any atom is -0.353 e. The van der Waals surface area contributed by atoms with Crippen molar-refractivity contribution in [1.82, 2.24) is 15.0 Å². The third kappa shape index (κ3) is 3.56. The SMILES string of the molecule is Cc1cc2ccccc2nc1N1CCN(c2nc3ccc(C(F)(F)F)cc3[nH]2)[C@@H](C)C1. The fourth-order valence-corrected chi connectivity index (χ4v) is 4.30. The average molecular weight is 425 g/mol. The number of alkyl halides is 3. The Morgan fingerprint density at radius 1 is 1.00 bits per heavy atom. The highest BCUT2D eigenvalue weighted by atomic mass is 19.4. The van der Waals surface area contributed by atoms with Gasteiger partial charge in [0.1, 0.15) is 5.82 Å². The molecule has 2 aromatic heterocycles. The van der Waals surface area contributed by atoms with E-state index in [9.17, 15) is 13.2 Å². The number of anilines is 2. The van der Waals surface area contributed by atoms with Crippen LogP contribution in [0.25, 0.3) is 21.9 Å². The van der Waals surface area contributed by atoms with Crippen LogP contribution in [-0.4, -0.2) is 40.6 Å². The summed E-state index contributed by atoms with van der Waals surface area (Å²) < 4.78 is 39.1. The molecule has 0 amide bonds. The monoisotopic (exact) mass is 425 g/mol. The number of fused-ring (bicyclic) bond motifs is 2. The molecule has 160 valence electrons. The van der Waals surface area contributed by atoms with Crippen molar-refractivity contribution in [2.24, 2.45) is 0 Å². The highest BCUT2D eigenvalue weighted by molar-refractivity contribution is 5.82. The van der Waals surface area contributed by atoms with Crippen LogP contribution in [0.5, 0.6) is 0 Å². The molecule has 5 rings (SSSR count). The Morgan fingerprint density at radius 3 is 2.58 bits per heavy atom. The van der Waals surface area contributed by atoms with Gasteiger partial charge in [0.15, 0.2) is 0 Å². The summed E-state index contributed by atoms with van der Waals surface area (Å²) in [5, 5.41) is 1.12. The van der Waals surface area contributed by atoms with Crippen LogP contribution in [0.15, 0.2) is 48.5 Å². The summed E-state index contributed by atoms with van der Waals surface area (Å²) in [5.41, 5.74) is 2.35. The van der Waals surface area contributed by atoms with E-state index in [1.54, 1.807) is 0 Å². The van der Waals surface area contributed by atoms with E-state index in [0.717, 1.165) is 47.5 Å². The average Bonchev–Trinajstić information content (AvgIpc) is 3.15. The zero-order valence-electron chi connectivity index (χ0n) is 17.2. The normalized spacial score (nSPS) is 17.6. The van der Waals surface area contributed by atoms with Gasteiger partial charge in [0.05, 0.1) is 22.1 Å². The molecule has 0 aliphatic carbocycles. The number of benzene rings is 2. The maximum atomic E-state index is 13.0. The number of halogens is 3. The number of hydrogen-bond acceptors (Lipinski definition) is 4. The van der Waals surface area contributed by atoms with Crippen LogP contribution < -0.4 is 9.80 Å². The number of para-hydroxylation sites is 1. The third-order valence-corrected chi connectivity index (χ3v) is 5.88. The van der Waals surface area contributed by atoms with Crippen molar-refractivity contribution in [3.05, 3.63) is 59.7 Å². The van der Waals surface area contributed by atoms with E-state index in [1.165, 1.54) is 6.07 Å². The first-order valence-corrected chi connectivity index (χ1v) is 10.2. The Kier molecular flexibility index (Phi) is 4.53. The fraction of sp³-hybridized carbons (Fsp3) is 0.304. The molecule has 5 nitrogen and oxygen atoms in total. The maximum absolute atomic E-state index is 13.0. The van der Waals surface area contributed by atoms with Crippen LogP contribution in [0.4, 0.5) is 24.9 Å². The summed E-state index contributed by atoms with van der Waals surface area (Å²) in [6, 6.07) is 14.0. The van der Waals surface area contributed by atoms with Crippen molar-refractivity contribution in [1.29, 1.82) is 0 Å². The van der Waals surface area contributed by atoms with Gasteiger partial charge in [-0.25, -0.2) is 9.97 Å². The Hall–Kier alpha value is -3.29. The molecular formula is C23H22F3N5. The Labute approximate surface area is 177 Å². The Bertz CT molecular complexity index is 1260. The van der Waals surface area contributed by atoms with Crippen LogP contribution in [-0.2, 0) is 6.18 Å². The first-order valence-electron chi connectivity index (χ1n) is 10.2. The van der Waals surface area contributed by atoms with Crippen LogP contribution in [0.3, 0.4) is 0 Å². The van der Waals surface area contributed by atoms with Crippen molar-refractivity contribution in [3.63, 3.8) is 0 Å². The molecule has 1 aliphatic heterocycles. The zero-order valence-corrected chi connectivity index (χ0v) is 17.2. The molecule has 8 heteroatoms. The molecule has 0 spiro atoms. The second kappa shape index (κ2) is 7.14. The second-order valence-electron chi connectivity index (χ2n) is 8.10. The number of piperazine rings is 1. The van der Waals surface area contributed by atoms with E-state index < -0.39 is 11.7 Å². The van der Waals surface area contributed by atoms with Crippen molar-refractivity contribution < 1.29 is 13.2 Å². The van der Waals surface area contributed by atoms with Crippen LogP contribution in [0.2, 0.25) is 0 Å². The van der Waals surface area contributed by atoms with Gasteiger partial charge >= 0.3 is 6.18 Å². The van der Waals surface area contributed by atoms with Crippen LogP contribution in [0.1, 0.15) is 18.1 Å². The van der Waals surface area contributed by atoms with Crippen molar-refractivity contribution in [2.75, 3.05) is 29.4 Å². The van der Waals surface area contributed by atoms with E-state index in [1.807, 2.05) is 18.2 Å². The number of aryl methyl sites for hydroxylation is 1.